The maximum atomic E-state index is 13.0. The second-order valence-electron chi connectivity index (χ2n) is 6.82. The number of nitrogens with one attached hydrogen (secondary N) is 1. The summed E-state index contributed by atoms with van der Waals surface area (Å²) in [5.41, 5.74) is 0.605. The van der Waals surface area contributed by atoms with Gasteiger partial charge in [-0.15, -0.1) is 0 Å². The minimum atomic E-state index is -3.61. The Hall–Kier alpha value is -2.58. The molecule has 2 aromatic carbocycles. The predicted molar refractivity (Wildman–Crippen MR) is 103 cm³/mol. The molecule has 1 saturated heterocycles. The second-order valence-corrected chi connectivity index (χ2v) is 8.76. The van der Waals surface area contributed by atoms with Crippen LogP contribution in [0, 0.1) is 0 Å². The van der Waals surface area contributed by atoms with Crippen LogP contribution in [0.15, 0.2) is 53.4 Å². The highest BCUT2D eigenvalue weighted by Gasteiger charge is 2.31. The van der Waals surface area contributed by atoms with Gasteiger partial charge >= 0.3 is 0 Å². The van der Waals surface area contributed by atoms with Gasteiger partial charge in [-0.1, -0.05) is 18.2 Å². The maximum Gasteiger partial charge on any atom is 0.251 e. The van der Waals surface area contributed by atoms with Crippen LogP contribution in [-0.4, -0.2) is 51.0 Å². The predicted octanol–water partition coefficient (Wildman–Crippen LogP) is 2.04. The molecule has 1 fully saturated rings. The van der Waals surface area contributed by atoms with E-state index in [1.165, 1.54) is 10.4 Å². The van der Waals surface area contributed by atoms with Crippen molar-refractivity contribution in [1.29, 1.82) is 0 Å². The summed E-state index contributed by atoms with van der Waals surface area (Å²) >= 11 is 0. The Balaban J connectivity index is 1.39. The van der Waals surface area contributed by atoms with E-state index in [0.29, 0.717) is 56.2 Å². The van der Waals surface area contributed by atoms with Crippen LogP contribution in [0.25, 0.3) is 0 Å². The molecule has 0 atom stereocenters. The highest BCUT2D eigenvalue weighted by Crippen LogP contribution is 2.33. The summed E-state index contributed by atoms with van der Waals surface area (Å²) in [6, 6.07) is 13.7. The largest absolute Gasteiger partial charge is 0.486 e. The van der Waals surface area contributed by atoms with Crippen LogP contribution < -0.4 is 14.8 Å². The van der Waals surface area contributed by atoms with Crippen LogP contribution in [0.4, 0.5) is 0 Å². The van der Waals surface area contributed by atoms with Crippen molar-refractivity contribution in [3.63, 3.8) is 0 Å². The number of hydrogen-bond donors (Lipinski definition) is 1. The van der Waals surface area contributed by atoms with Gasteiger partial charge in [-0.2, -0.15) is 4.31 Å². The zero-order valence-corrected chi connectivity index (χ0v) is 16.2. The molecule has 0 radical (unpaired) electrons. The Morgan fingerprint density at radius 3 is 2.36 bits per heavy atom. The van der Waals surface area contributed by atoms with E-state index in [0.717, 1.165) is 0 Å². The van der Waals surface area contributed by atoms with Crippen molar-refractivity contribution in [3.05, 3.63) is 54.1 Å². The van der Waals surface area contributed by atoms with Gasteiger partial charge in [0, 0.05) is 30.8 Å². The van der Waals surface area contributed by atoms with Crippen LogP contribution in [0.2, 0.25) is 0 Å². The monoisotopic (exact) mass is 402 g/mol. The van der Waals surface area contributed by atoms with E-state index < -0.39 is 10.0 Å². The standard InChI is InChI=1S/C20H22N2O5S/c23-20(15-4-2-1-3-5-15)21-16-8-10-22(11-9-16)28(24,25)17-6-7-18-19(14-17)27-13-12-26-18/h1-7,14,16H,8-13H2,(H,21,23). The average molecular weight is 402 g/mol. The lowest BCUT2D eigenvalue weighted by molar-refractivity contribution is 0.0924. The van der Waals surface area contributed by atoms with Crippen molar-refractivity contribution in [2.75, 3.05) is 26.3 Å². The summed E-state index contributed by atoms with van der Waals surface area (Å²) in [5, 5.41) is 2.99. The molecule has 0 aliphatic carbocycles. The fourth-order valence-corrected chi connectivity index (χ4v) is 4.92. The van der Waals surface area contributed by atoms with Gasteiger partial charge in [-0.05, 0) is 37.1 Å². The zero-order valence-electron chi connectivity index (χ0n) is 15.3. The molecule has 0 unspecified atom stereocenters. The number of hydrogen-bond acceptors (Lipinski definition) is 5. The van der Waals surface area contributed by atoms with Gasteiger partial charge in [-0.25, -0.2) is 8.42 Å². The summed E-state index contributed by atoms with van der Waals surface area (Å²) in [4.78, 5) is 12.5. The molecule has 28 heavy (non-hydrogen) atoms. The summed E-state index contributed by atoms with van der Waals surface area (Å²) in [7, 11) is -3.61. The Bertz CT molecular complexity index is 954. The highest BCUT2D eigenvalue weighted by atomic mass is 32.2. The minimum absolute atomic E-state index is 0.0422. The van der Waals surface area contributed by atoms with Gasteiger partial charge in [-0.3, -0.25) is 4.79 Å². The molecular formula is C20H22N2O5S. The first-order valence-corrected chi connectivity index (χ1v) is 10.7. The number of carbonyl (C=O) groups is 1. The molecule has 0 saturated carbocycles. The first-order chi connectivity index (χ1) is 13.5. The molecule has 2 aliphatic rings. The van der Waals surface area contributed by atoms with E-state index in [1.807, 2.05) is 18.2 Å². The molecular weight excluding hydrogens is 380 g/mol. The number of benzene rings is 2. The van der Waals surface area contributed by atoms with E-state index in [9.17, 15) is 13.2 Å². The number of ether oxygens (including phenoxy) is 2. The summed E-state index contributed by atoms with van der Waals surface area (Å²) < 4.78 is 38.3. The first-order valence-electron chi connectivity index (χ1n) is 9.30. The lowest BCUT2D eigenvalue weighted by Crippen LogP contribution is -2.46. The Kier molecular flexibility index (Phi) is 5.23. The number of fused-ring (bicyclic) bond motifs is 1. The molecule has 2 heterocycles. The van der Waals surface area contributed by atoms with Crippen LogP contribution in [-0.2, 0) is 10.0 Å². The van der Waals surface area contributed by atoms with Gasteiger partial charge in [0.1, 0.15) is 13.2 Å². The second kappa shape index (κ2) is 7.81. The summed E-state index contributed by atoms with van der Waals surface area (Å²) in [5.74, 6) is 0.888. The third kappa shape index (κ3) is 3.83. The van der Waals surface area contributed by atoms with Crippen LogP contribution in [0.1, 0.15) is 23.2 Å². The van der Waals surface area contributed by atoms with Gasteiger partial charge in [0.05, 0.1) is 4.90 Å². The molecule has 0 spiro atoms. The SMILES string of the molecule is O=C(NC1CCN(S(=O)(=O)c2ccc3c(c2)OCCO3)CC1)c1ccccc1. The van der Waals surface area contributed by atoms with Crippen molar-refractivity contribution in [3.8, 4) is 11.5 Å². The van der Waals surface area contributed by atoms with E-state index in [4.69, 9.17) is 9.47 Å². The molecule has 0 aromatic heterocycles. The van der Waals surface area contributed by atoms with Crippen LogP contribution >= 0.6 is 0 Å². The van der Waals surface area contributed by atoms with E-state index >= 15 is 0 Å². The average Bonchev–Trinajstić information content (AvgIpc) is 2.74. The highest BCUT2D eigenvalue weighted by molar-refractivity contribution is 7.89. The topological polar surface area (TPSA) is 84.9 Å². The van der Waals surface area contributed by atoms with Gasteiger partial charge in [0.15, 0.2) is 11.5 Å². The summed E-state index contributed by atoms with van der Waals surface area (Å²) in [6.07, 6.45) is 1.14. The maximum absolute atomic E-state index is 13.0. The van der Waals surface area contributed by atoms with Crippen molar-refractivity contribution >= 4 is 15.9 Å². The van der Waals surface area contributed by atoms with E-state index in [-0.39, 0.29) is 16.8 Å². The Morgan fingerprint density at radius 1 is 0.964 bits per heavy atom. The number of nitrogens with zero attached hydrogens (tertiary/aromatic N) is 1. The molecule has 2 aromatic rings. The third-order valence-electron chi connectivity index (χ3n) is 4.98. The van der Waals surface area contributed by atoms with Crippen molar-refractivity contribution in [1.82, 2.24) is 9.62 Å². The van der Waals surface area contributed by atoms with Crippen LogP contribution in [0.5, 0.6) is 11.5 Å². The Labute approximate surface area is 164 Å². The minimum Gasteiger partial charge on any atom is -0.486 e. The van der Waals surface area contributed by atoms with Crippen LogP contribution in [0.3, 0.4) is 0 Å². The number of carbonyl (C=O) groups excluding carboxylic acids is 1. The van der Waals surface area contributed by atoms with Gasteiger partial charge in [0.25, 0.3) is 5.91 Å². The van der Waals surface area contributed by atoms with E-state index in [1.54, 1.807) is 24.3 Å². The molecule has 1 amide bonds. The normalized spacial score (nSPS) is 17.9. The summed E-state index contributed by atoms with van der Waals surface area (Å²) in [6.45, 7) is 1.58. The van der Waals surface area contributed by atoms with Crippen molar-refractivity contribution in [2.24, 2.45) is 0 Å². The van der Waals surface area contributed by atoms with Crippen molar-refractivity contribution in [2.45, 2.75) is 23.8 Å². The quantitative estimate of drug-likeness (QED) is 0.846. The fraction of sp³-hybridized carbons (Fsp3) is 0.350. The smallest absolute Gasteiger partial charge is 0.251 e. The molecule has 7 nitrogen and oxygen atoms in total. The lowest BCUT2D eigenvalue weighted by Gasteiger charge is -2.31. The third-order valence-corrected chi connectivity index (χ3v) is 6.87. The number of sulfonamides is 1. The zero-order chi connectivity index (χ0) is 19.6. The lowest BCUT2D eigenvalue weighted by atomic mass is 10.1. The molecule has 8 heteroatoms. The van der Waals surface area contributed by atoms with Gasteiger partial charge < -0.3 is 14.8 Å². The number of piperidine rings is 1. The molecule has 148 valence electrons. The molecule has 1 N–H and O–H groups in total. The Morgan fingerprint density at radius 2 is 1.64 bits per heavy atom. The van der Waals surface area contributed by atoms with Gasteiger partial charge in [0.2, 0.25) is 10.0 Å². The first kappa shape index (κ1) is 18.8. The fourth-order valence-electron chi connectivity index (χ4n) is 3.43. The number of amides is 1. The van der Waals surface area contributed by atoms with E-state index in [2.05, 4.69) is 5.32 Å². The van der Waals surface area contributed by atoms with Crippen molar-refractivity contribution < 1.29 is 22.7 Å². The molecule has 2 aliphatic heterocycles. The molecule has 0 bridgehead atoms. The number of rotatable bonds is 4. The molecule has 4 rings (SSSR count).